The van der Waals surface area contributed by atoms with E-state index in [4.69, 9.17) is 27.9 Å². The Balaban J connectivity index is 2.29. The van der Waals surface area contributed by atoms with Crippen molar-refractivity contribution in [1.82, 2.24) is 0 Å². The molecule has 0 heterocycles. The number of alkyl halides is 1. The van der Waals surface area contributed by atoms with Gasteiger partial charge in [-0.05, 0) is 36.2 Å². The van der Waals surface area contributed by atoms with Gasteiger partial charge in [-0.25, -0.2) is 0 Å². The predicted molar refractivity (Wildman–Crippen MR) is 76.9 cm³/mol. The van der Waals surface area contributed by atoms with Crippen LogP contribution >= 0.6 is 23.2 Å². The summed E-state index contributed by atoms with van der Waals surface area (Å²) >= 11 is 11.9. The molecule has 0 unspecified atom stereocenters. The number of rotatable bonds is 4. The molecule has 0 aromatic heterocycles. The molecule has 3 heteroatoms. The zero-order chi connectivity index (χ0) is 13.0. The maximum Gasteiger partial charge on any atom is 0.133 e. The fourth-order valence-corrected chi connectivity index (χ4v) is 2.07. The highest BCUT2D eigenvalue weighted by atomic mass is 35.5. The molecule has 1 nitrogen and oxygen atoms in total. The topological polar surface area (TPSA) is 9.23 Å². The van der Waals surface area contributed by atoms with Crippen LogP contribution in [0.25, 0.3) is 0 Å². The van der Waals surface area contributed by atoms with E-state index in [1.165, 1.54) is 5.56 Å². The molecule has 94 valence electrons. The summed E-state index contributed by atoms with van der Waals surface area (Å²) in [6, 6.07) is 13.5. The first kappa shape index (κ1) is 13.3. The third kappa shape index (κ3) is 3.18. The van der Waals surface area contributed by atoms with Crippen molar-refractivity contribution in [3.05, 3.63) is 58.6 Å². The molecule has 0 bridgehead atoms. The molecule has 0 N–H and O–H groups in total. The third-order valence-electron chi connectivity index (χ3n) is 2.71. The van der Waals surface area contributed by atoms with Crippen molar-refractivity contribution in [1.29, 1.82) is 0 Å². The molecule has 18 heavy (non-hydrogen) atoms. The predicted octanol–water partition coefficient (Wildman–Crippen LogP) is 5.43. The lowest BCUT2D eigenvalue weighted by Gasteiger charge is -2.10. The van der Waals surface area contributed by atoms with Crippen molar-refractivity contribution >= 4 is 23.2 Å². The fraction of sp³-hybridized carbons (Fsp3) is 0.200. The van der Waals surface area contributed by atoms with Crippen LogP contribution in [0.15, 0.2) is 42.5 Å². The average Bonchev–Trinajstić information content (AvgIpc) is 2.39. The summed E-state index contributed by atoms with van der Waals surface area (Å²) in [4.78, 5) is 0. The molecule has 2 rings (SSSR count). The quantitative estimate of drug-likeness (QED) is 0.678. The standard InChI is InChI=1S/C15H14Cl2O/c1-2-11-4-3-5-14(8-11)18-15-9-13(17)7-6-12(15)10-16/h3-9H,2,10H2,1H3. The number of ether oxygens (including phenoxy) is 1. The maximum absolute atomic E-state index is 5.98. The lowest BCUT2D eigenvalue weighted by atomic mass is 10.1. The molecule has 0 saturated carbocycles. The van der Waals surface area contributed by atoms with Gasteiger partial charge in [-0.3, -0.25) is 0 Å². The van der Waals surface area contributed by atoms with Crippen LogP contribution in [-0.4, -0.2) is 0 Å². The van der Waals surface area contributed by atoms with Gasteiger partial charge in [0.2, 0.25) is 0 Å². The molecule has 0 fully saturated rings. The Bertz CT molecular complexity index is 538. The van der Waals surface area contributed by atoms with Crippen LogP contribution in [0.2, 0.25) is 5.02 Å². The molecule has 0 spiro atoms. The first-order valence-corrected chi connectivity index (χ1v) is 6.75. The van der Waals surface area contributed by atoms with Gasteiger partial charge in [-0.1, -0.05) is 36.7 Å². The Kier molecular flexibility index (Phi) is 4.51. The summed E-state index contributed by atoms with van der Waals surface area (Å²) < 4.78 is 5.85. The van der Waals surface area contributed by atoms with Gasteiger partial charge in [0.1, 0.15) is 11.5 Å². The van der Waals surface area contributed by atoms with E-state index in [1.54, 1.807) is 6.07 Å². The Morgan fingerprint density at radius 2 is 1.94 bits per heavy atom. The van der Waals surface area contributed by atoms with Crippen LogP contribution < -0.4 is 4.74 Å². The van der Waals surface area contributed by atoms with Crippen LogP contribution in [-0.2, 0) is 12.3 Å². The lowest BCUT2D eigenvalue weighted by molar-refractivity contribution is 0.478. The highest BCUT2D eigenvalue weighted by Crippen LogP contribution is 2.29. The summed E-state index contributed by atoms with van der Waals surface area (Å²) in [6.07, 6.45) is 0.981. The van der Waals surface area contributed by atoms with Gasteiger partial charge in [0.15, 0.2) is 0 Å². The normalized spacial score (nSPS) is 10.4. The van der Waals surface area contributed by atoms with Crippen molar-refractivity contribution in [2.24, 2.45) is 0 Å². The van der Waals surface area contributed by atoms with E-state index in [-0.39, 0.29) is 0 Å². The second-order valence-electron chi connectivity index (χ2n) is 3.99. The molecule has 0 saturated heterocycles. The minimum atomic E-state index is 0.403. The van der Waals surface area contributed by atoms with E-state index in [0.29, 0.717) is 16.7 Å². The van der Waals surface area contributed by atoms with E-state index >= 15 is 0 Å². The van der Waals surface area contributed by atoms with Crippen LogP contribution in [0.4, 0.5) is 0 Å². The summed E-state index contributed by atoms with van der Waals surface area (Å²) in [5, 5.41) is 0.644. The molecule has 0 radical (unpaired) electrons. The van der Waals surface area contributed by atoms with E-state index < -0.39 is 0 Å². The fourth-order valence-electron chi connectivity index (χ4n) is 1.69. The van der Waals surface area contributed by atoms with E-state index in [9.17, 15) is 0 Å². The number of benzene rings is 2. The van der Waals surface area contributed by atoms with Crippen LogP contribution in [0.1, 0.15) is 18.1 Å². The zero-order valence-corrected chi connectivity index (χ0v) is 11.6. The SMILES string of the molecule is CCc1cccc(Oc2cc(Cl)ccc2CCl)c1. The smallest absolute Gasteiger partial charge is 0.133 e. The van der Waals surface area contributed by atoms with Crippen molar-refractivity contribution in [2.45, 2.75) is 19.2 Å². The van der Waals surface area contributed by atoms with E-state index in [2.05, 4.69) is 13.0 Å². The first-order valence-electron chi connectivity index (χ1n) is 5.84. The highest BCUT2D eigenvalue weighted by molar-refractivity contribution is 6.30. The molecule has 0 aliphatic rings. The van der Waals surface area contributed by atoms with E-state index in [0.717, 1.165) is 17.7 Å². The van der Waals surface area contributed by atoms with Gasteiger partial charge in [-0.2, -0.15) is 0 Å². The molecule has 0 aliphatic carbocycles. The highest BCUT2D eigenvalue weighted by Gasteiger charge is 2.05. The Labute approximate surface area is 117 Å². The lowest BCUT2D eigenvalue weighted by Crippen LogP contribution is -1.90. The van der Waals surface area contributed by atoms with E-state index in [1.807, 2.05) is 30.3 Å². The Hall–Kier alpha value is -1.18. The Morgan fingerprint density at radius 3 is 2.67 bits per heavy atom. The number of aryl methyl sites for hydroxylation is 1. The molecule has 2 aromatic carbocycles. The first-order chi connectivity index (χ1) is 8.72. The van der Waals surface area contributed by atoms with Gasteiger partial charge in [-0.15, -0.1) is 11.6 Å². The van der Waals surface area contributed by atoms with Gasteiger partial charge >= 0.3 is 0 Å². The summed E-state index contributed by atoms with van der Waals surface area (Å²) in [5.74, 6) is 1.92. The molecular formula is C15H14Cl2O. The van der Waals surface area contributed by atoms with Gasteiger partial charge in [0.25, 0.3) is 0 Å². The molecule has 0 amide bonds. The van der Waals surface area contributed by atoms with Crippen molar-refractivity contribution < 1.29 is 4.74 Å². The number of halogens is 2. The van der Waals surface area contributed by atoms with Crippen LogP contribution in [0.5, 0.6) is 11.5 Å². The Morgan fingerprint density at radius 1 is 1.11 bits per heavy atom. The van der Waals surface area contributed by atoms with Crippen molar-refractivity contribution in [2.75, 3.05) is 0 Å². The van der Waals surface area contributed by atoms with Crippen LogP contribution in [0, 0.1) is 0 Å². The number of hydrogen-bond donors (Lipinski definition) is 0. The minimum absolute atomic E-state index is 0.403. The van der Waals surface area contributed by atoms with Gasteiger partial charge in [0, 0.05) is 10.6 Å². The monoisotopic (exact) mass is 280 g/mol. The second-order valence-corrected chi connectivity index (χ2v) is 4.69. The molecule has 2 aromatic rings. The zero-order valence-electron chi connectivity index (χ0n) is 10.1. The van der Waals surface area contributed by atoms with Gasteiger partial charge < -0.3 is 4.74 Å². The third-order valence-corrected chi connectivity index (χ3v) is 3.23. The summed E-state index contributed by atoms with van der Waals surface area (Å²) in [5.41, 5.74) is 2.17. The largest absolute Gasteiger partial charge is 0.457 e. The van der Waals surface area contributed by atoms with Gasteiger partial charge in [0.05, 0.1) is 5.88 Å². The summed E-state index contributed by atoms with van der Waals surface area (Å²) in [6.45, 7) is 2.11. The number of hydrogen-bond acceptors (Lipinski definition) is 1. The summed E-state index contributed by atoms with van der Waals surface area (Å²) in [7, 11) is 0. The minimum Gasteiger partial charge on any atom is -0.457 e. The van der Waals surface area contributed by atoms with Crippen molar-refractivity contribution in [3.8, 4) is 11.5 Å². The van der Waals surface area contributed by atoms with Crippen LogP contribution in [0.3, 0.4) is 0 Å². The maximum atomic E-state index is 5.98. The second kappa shape index (κ2) is 6.12. The van der Waals surface area contributed by atoms with Crippen molar-refractivity contribution in [3.63, 3.8) is 0 Å². The molecule has 0 aliphatic heterocycles. The molecule has 0 atom stereocenters. The average molecular weight is 281 g/mol. The molecular weight excluding hydrogens is 267 g/mol.